The third-order valence-electron chi connectivity index (χ3n) is 2.65. The topological polar surface area (TPSA) is 78.4 Å². The molecule has 92 valence electrons. The maximum atomic E-state index is 11.2. The summed E-state index contributed by atoms with van der Waals surface area (Å²) < 4.78 is 0. The van der Waals surface area contributed by atoms with E-state index in [0.29, 0.717) is 19.5 Å². The third-order valence-corrected chi connectivity index (χ3v) is 2.65. The Balaban J connectivity index is 2.13. The molecule has 0 aromatic carbocycles. The second kappa shape index (κ2) is 6.48. The summed E-state index contributed by atoms with van der Waals surface area (Å²) in [5.41, 5.74) is 0. The molecule has 5 heteroatoms. The van der Waals surface area contributed by atoms with Crippen molar-refractivity contribution in [1.82, 2.24) is 10.6 Å². The molecule has 1 atom stereocenters. The number of aliphatic carboxylic acids is 1. The van der Waals surface area contributed by atoms with Gasteiger partial charge in [-0.3, -0.25) is 9.59 Å². The first-order valence-corrected chi connectivity index (χ1v) is 5.88. The molecular formula is C11H20N2O3. The highest BCUT2D eigenvalue weighted by molar-refractivity contribution is 5.76. The first kappa shape index (κ1) is 13.0. The number of amides is 1. The van der Waals surface area contributed by atoms with Crippen molar-refractivity contribution in [3.05, 3.63) is 0 Å². The minimum absolute atomic E-state index is 0.0192. The molecule has 1 rings (SSSR count). The first-order chi connectivity index (χ1) is 7.65. The van der Waals surface area contributed by atoms with Gasteiger partial charge in [0.15, 0.2) is 0 Å². The lowest BCUT2D eigenvalue weighted by Gasteiger charge is -2.13. The standard InChI is InChI=1S/C11H20N2O3/c1-2-6-12-9(14)5-7-13-10(11(15)16)8-3-4-8/h8,10,13H,2-7H2,1H3,(H,12,14)(H,15,16). The van der Waals surface area contributed by atoms with E-state index >= 15 is 0 Å². The molecule has 1 fully saturated rings. The molecule has 1 unspecified atom stereocenters. The number of rotatable bonds is 8. The van der Waals surface area contributed by atoms with Crippen molar-refractivity contribution >= 4 is 11.9 Å². The van der Waals surface area contributed by atoms with E-state index in [2.05, 4.69) is 10.6 Å². The summed E-state index contributed by atoms with van der Waals surface area (Å²) in [5, 5.41) is 14.6. The summed E-state index contributed by atoms with van der Waals surface area (Å²) in [5.74, 6) is -0.568. The van der Waals surface area contributed by atoms with Crippen LogP contribution in [-0.2, 0) is 9.59 Å². The number of carbonyl (C=O) groups is 2. The van der Waals surface area contributed by atoms with Crippen LogP contribution >= 0.6 is 0 Å². The predicted molar refractivity (Wildman–Crippen MR) is 60.1 cm³/mol. The fraction of sp³-hybridized carbons (Fsp3) is 0.818. The number of hydrogen-bond donors (Lipinski definition) is 3. The molecule has 1 amide bonds. The van der Waals surface area contributed by atoms with Gasteiger partial charge < -0.3 is 15.7 Å². The molecular weight excluding hydrogens is 208 g/mol. The van der Waals surface area contributed by atoms with Crippen LogP contribution in [0.25, 0.3) is 0 Å². The summed E-state index contributed by atoms with van der Waals surface area (Å²) in [4.78, 5) is 22.1. The van der Waals surface area contributed by atoms with Gasteiger partial charge >= 0.3 is 5.97 Å². The highest BCUT2D eigenvalue weighted by Crippen LogP contribution is 2.32. The first-order valence-electron chi connectivity index (χ1n) is 5.88. The van der Waals surface area contributed by atoms with Gasteiger partial charge in [0.05, 0.1) is 0 Å². The van der Waals surface area contributed by atoms with Crippen molar-refractivity contribution in [2.24, 2.45) is 5.92 Å². The van der Waals surface area contributed by atoms with Crippen molar-refractivity contribution < 1.29 is 14.7 Å². The Bertz CT molecular complexity index is 252. The number of hydrogen-bond acceptors (Lipinski definition) is 3. The molecule has 0 aromatic heterocycles. The van der Waals surface area contributed by atoms with Crippen molar-refractivity contribution in [2.45, 2.75) is 38.6 Å². The zero-order valence-electron chi connectivity index (χ0n) is 9.66. The Labute approximate surface area is 95.6 Å². The highest BCUT2D eigenvalue weighted by Gasteiger charge is 2.35. The normalized spacial score (nSPS) is 16.8. The molecule has 16 heavy (non-hydrogen) atoms. The lowest BCUT2D eigenvalue weighted by molar-refractivity contribution is -0.140. The summed E-state index contributed by atoms with van der Waals surface area (Å²) in [6, 6.07) is -0.473. The molecule has 1 aliphatic rings. The number of carboxylic acid groups (broad SMARTS) is 1. The van der Waals surface area contributed by atoms with Crippen LogP contribution in [0.3, 0.4) is 0 Å². The molecule has 5 nitrogen and oxygen atoms in total. The quantitative estimate of drug-likeness (QED) is 0.560. The monoisotopic (exact) mass is 228 g/mol. The van der Waals surface area contributed by atoms with Crippen LogP contribution in [0.4, 0.5) is 0 Å². The summed E-state index contributed by atoms with van der Waals surface area (Å²) in [7, 11) is 0. The largest absolute Gasteiger partial charge is 0.480 e. The fourth-order valence-electron chi connectivity index (χ4n) is 1.58. The van der Waals surface area contributed by atoms with E-state index in [9.17, 15) is 9.59 Å². The average Bonchev–Trinajstić information content (AvgIpc) is 3.04. The smallest absolute Gasteiger partial charge is 0.320 e. The molecule has 3 N–H and O–H groups in total. The van der Waals surface area contributed by atoms with Gasteiger partial charge in [-0.25, -0.2) is 0 Å². The van der Waals surface area contributed by atoms with Crippen LogP contribution in [-0.4, -0.2) is 36.1 Å². The van der Waals surface area contributed by atoms with Crippen LogP contribution in [0, 0.1) is 5.92 Å². The lowest BCUT2D eigenvalue weighted by Crippen LogP contribution is -2.40. The Morgan fingerprint density at radius 3 is 2.56 bits per heavy atom. The molecule has 0 heterocycles. The van der Waals surface area contributed by atoms with E-state index in [1.807, 2.05) is 6.92 Å². The number of carboxylic acids is 1. The van der Waals surface area contributed by atoms with Crippen LogP contribution in [0.15, 0.2) is 0 Å². The average molecular weight is 228 g/mol. The number of nitrogens with one attached hydrogen (secondary N) is 2. The Hall–Kier alpha value is -1.10. The Morgan fingerprint density at radius 1 is 1.38 bits per heavy atom. The van der Waals surface area contributed by atoms with Crippen molar-refractivity contribution in [3.63, 3.8) is 0 Å². The second-order valence-electron chi connectivity index (χ2n) is 4.21. The molecule has 1 saturated carbocycles. The molecule has 1 aliphatic carbocycles. The Kier molecular flexibility index (Phi) is 5.25. The van der Waals surface area contributed by atoms with Gasteiger partial charge in [-0.1, -0.05) is 6.92 Å². The third kappa shape index (κ3) is 4.61. The van der Waals surface area contributed by atoms with Crippen LogP contribution in [0.5, 0.6) is 0 Å². The van der Waals surface area contributed by atoms with Crippen LogP contribution in [0.1, 0.15) is 32.6 Å². The van der Waals surface area contributed by atoms with E-state index in [-0.39, 0.29) is 11.8 Å². The van der Waals surface area contributed by atoms with Crippen molar-refractivity contribution in [3.8, 4) is 0 Å². The second-order valence-corrected chi connectivity index (χ2v) is 4.21. The van der Waals surface area contributed by atoms with Gasteiger partial charge in [-0.2, -0.15) is 0 Å². The molecule has 0 saturated heterocycles. The maximum Gasteiger partial charge on any atom is 0.320 e. The lowest BCUT2D eigenvalue weighted by atomic mass is 10.2. The van der Waals surface area contributed by atoms with Gasteiger partial charge in [0.2, 0.25) is 5.91 Å². The fourth-order valence-corrected chi connectivity index (χ4v) is 1.58. The van der Waals surface area contributed by atoms with Gasteiger partial charge in [0.25, 0.3) is 0 Å². The minimum atomic E-state index is -0.809. The van der Waals surface area contributed by atoms with E-state index < -0.39 is 12.0 Å². The highest BCUT2D eigenvalue weighted by atomic mass is 16.4. The van der Waals surface area contributed by atoms with Gasteiger partial charge in [0.1, 0.15) is 6.04 Å². The van der Waals surface area contributed by atoms with Gasteiger partial charge in [0, 0.05) is 19.5 Å². The Morgan fingerprint density at radius 2 is 2.06 bits per heavy atom. The van der Waals surface area contributed by atoms with Crippen molar-refractivity contribution in [2.75, 3.05) is 13.1 Å². The van der Waals surface area contributed by atoms with Gasteiger partial charge in [-0.05, 0) is 25.2 Å². The maximum absolute atomic E-state index is 11.2. The van der Waals surface area contributed by atoms with Crippen LogP contribution in [0.2, 0.25) is 0 Å². The van der Waals surface area contributed by atoms with Crippen LogP contribution < -0.4 is 10.6 Å². The number of carbonyl (C=O) groups excluding carboxylic acids is 1. The predicted octanol–water partition coefficient (Wildman–Crippen LogP) is 0.355. The SMILES string of the molecule is CCCNC(=O)CCNC(C(=O)O)C1CC1. The van der Waals surface area contributed by atoms with Gasteiger partial charge in [-0.15, -0.1) is 0 Å². The summed E-state index contributed by atoms with van der Waals surface area (Å²) >= 11 is 0. The van der Waals surface area contributed by atoms with E-state index in [1.165, 1.54) is 0 Å². The molecule has 0 bridgehead atoms. The summed E-state index contributed by atoms with van der Waals surface area (Å²) in [6.45, 7) is 3.11. The molecule has 0 aromatic rings. The molecule has 0 aliphatic heterocycles. The zero-order valence-corrected chi connectivity index (χ0v) is 9.66. The van der Waals surface area contributed by atoms with Crippen molar-refractivity contribution in [1.29, 1.82) is 0 Å². The van der Waals surface area contributed by atoms with E-state index in [1.54, 1.807) is 0 Å². The van der Waals surface area contributed by atoms with E-state index in [0.717, 1.165) is 19.3 Å². The van der Waals surface area contributed by atoms with E-state index in [4.69, 9.17) is 5.11 Å². The summed E-state index contributed by atoms with van der Waals surface area (Å²) in [6.07, 6.45) is 3.22. The molecule has 0 spiro atoms. The zero-order chi connectivity index (χ0) is 12.0. The molecule has 0 radical (unpaired) electrons. The minimum Gasteiger partial charge on any atom is -0.480 e.